The Balaban J connectivity index is 2.13. The number of para-hydroxylation sites is 2. The molecule has 152 valence electrons. The van der Waals surface area contributed by atoms with E-state index >= 15 is 0 Å². The number of carbonyl (C=O) groups is 1. The lowest BCUT2D eigenvalue weighted by Crippen LogP contribution is -2.13. The number of benzene rings is 1. The van der Waals surface area contributed by atoms with Gasteiger partial charge in [-0.2, -0.15) is 0 Å². The van der Waals surface area contributed by atoms with Crippen LogP contribution in [0.5, 0.6) is 5.75 Å². The van der Waals surface area contributed by atoms with Gasteiger partial charge in [0.2, 0.25) is 0 Å². The molecule has 0 radical (unpaired) electrons. The molecule has 1 atom stereocenters. The summed E-state index contributed by atoms with van der Waals surface area (Å²) < 4.78 is 5.29. The zero-order chi connectivity index (χ0) is 19.9. The zero-order valence-corrected chi connectivity index (χ0v) is 17.7. The highest BCUT2D eigenvalue weighted by atomic mass is 32.1. The Kier molecular flexibility index (Phi) is 12.5. The van der Waals surface area contributed by atoms with Gasteiger partial charge in [-0.3, -0.25) is 0 Å². The molecule has 0 saturated carbocycles. The number of aliphatic carboxylic acids is 1. The zero-order valence-electron chi connectivity index (χ0n) is 16.8. The number of anilines is 1. The van der Waals surface area contributed by atoms with Gasteiger partial charge in [0.15, 0.2) is 6.61 Å². The first-order chi connectivity index (χ1) is 13.0. The molecule has 0 amide bonds. The average Bonchev–Trinajstić information content (AvgIpc) is 2.65. The van der Waals surface area contributed by atoms with Crippen molar-refractivity contribution in [1.29, 1.82) is 0 Å². The quantitative estimate of drug-likeness (QED) is 0.265. The highest BCUT2D eigenvalue weighted by Crippen LogP contribution is 2.24. The Morgan fingerprint density at radius 2 is 1.74 bits per heavy atom. The van der Waals surface area contributed by atoms with Gasteiger partial charge in [0.1, 0.15) is 5.75 Å². The lowest BCUT2D eigenvalue weighted by atomic mass is 9.99. The Morgan fingerprint density at radius 3 is 2.41 bits per heavy atom. The van der Waals surface area contributed by atoms with E-state index in [9.17, 15) is 4.79 Å². The van der Waals surface area contributed by atoms with Crippen molar-refractivity contribution in [1.82, 2.24) is 0 Å². The van der Waals surface area contributed by atoms with Gasteiger partial charge in [-0.15, -0.1) is 0 Å². The normalized spacial score (nSPS) is 11.8. The Hall–Kier alpha value is -1.62. The van der Waals surface area contributed by atoms with Crippen LogP contribution in [0, 0.1) is 5.92 Å². The van der Waals surface area contributed by atoms with Gasteiger partial charge in [0.25, 0.3) is 0 Å². The summed E-state index contributed by atoms with van der Waals surface area (Å²) in [5.74, 6) is 0.394. The second-order valence-electron chi connectivity index (χ2n) is 7.25. The van der Waals surface area contributed by atoms with Crippen molar-refractivity contribution < 1.29 is 14.6 Å². The van der Waals surface area contributed by atoms with Crippen LogP contribution in [-0.2, 0) is 4.79 Å². The average molecular weight is 394 g/mol. The topological polar surface area (TPSA) is 58.6 Å². The molecule has 1 aromatic carbocycles. The summed E-state index contributed by atoms with van der Waals surface area (Å²) in [6, 6.07) is 7.28. The van der Waals surface area contributed by atoms with E-state index < -0.39 is 5.97 Å². The van der Waals surface area contributed by atoms with E-state index in [0.717, 1.165) is 29.4 Å². The van der Waals surface area contributed by atoms with Crippen molar-refractivity contribution >= 4 is 28.9 Å². The van der Waals surface area contributed by atoms with E-state index in [0.29, 0.717) is 5.75 Å². The summed E-state index contributed by atoms with van der Waals surface area (Å²) in [5.41, 5.74) is 0.727. The molecule has 27 heavy (non-hydrogen) atoms. The maximum atomic E-state index is 10.7. The molecule has 0 aromatic heterocycles. The minimum absolute atomic E-state index is 0.358. The summed E-state index contributed by atoms with van der Waals surface area (Å²) >= 11 is 5.42. The van der Waals surface area contributed by atoms with Crippen LogP contribution in [0.25, 0.3) is 0 Å². The van der Waals surface area contributed by atoms with E-state index in [1.165, 1.54) is 51.4 Å². The monoisotopic (exact) mass is 393 g/mol. The number of thiocarbonyl (C=S) groups is 1. The maximum absolute atomic E-state index is 10.7. The molecule has 4 nitrogen and oxygen atoms in total. The first-order valence-corrected chi connectivity index (χ1v) is 10.7. The number of unbranched alkanes of at least 4 members (excludes halogenated alkanes) is 6. The molecule has 0 spiro atoms. The van der Waals surface area contributed by atoms with Crippen molar-refractivity contribution in [2.45, 2.75) is 78.1 Å². The lowest BCUT2D eigenvalue weighted by Gasteiger charge is -2.13. The van der Waals surface area contributed by atoms with Gasteiger partial charge in [0, 0.05) is 0 Å². The minimum Gasteiger partial charge on any atom is -0.480 e. The van der Waals surface area contributed by atoms with Crippen LogP contribution in [0.4, 0.5) is 5.69 Å². The highest BCUT2D eigenvalue weighted by Gasteiger charge is 2.07. The van der Waals surface area contributed by atoms with E-state index in [2.05, 4.69) is 19.2 Å². The molecule has 0 aliphatic rings. The first kappa shape index (κ1) is 23.4. The number of carboxylic acids is 1. The van der Waals surface area contributed by atoms with Gasteiger partial charge in [-0.1, -0.05) is 89.6 Å². The first-order valence-electron chi connectivity index (χ1n) is 10.3. The molecule has 1 aromatic rings. The predicted octanol–water partition coefficient (Wildman–Crippen LogP) is 6.45. The number of ether oxygens (including phenoxy) is 1. The van der Waals surface area contributed by atoms with E-state index in [-0.39, 0.29) is 6.61 Å². The minimum atomic E-state index is -0.993. The third kappa shape index (κ3) is 11.6. The fourth-order valence-corrected chi connectivity index (χ4v) is 3.17. The van der Waals surface area contributed by atoms with Crippen LogP contribution in [-0.4, -0.2) is 22.7 Å². The van der Waals surface area contributed by atoms with Crippen LogP contribution >= 0.6 is 12.2 Å². The summed E-state index contributed by atoms with van der Waals surface area (Å²) in [7, 11) is 0. The molecule has 0 heterocycles. The van der Waals surface area contributed by atoms with Gasteiger partial charge in [-0.25, -0.2) is 4.79 Å². The third-order valence-corrected chi connectivity index (χ3v) is 5.12. The van der Waals surface area contributed by atoms with Crippen LogP contribution < -0.4 is 10.1 Å². The van der Waals surface area contributed by atoms with Crippen molar-refractivity contribution in [3.63, 3.8) is 0 Å². The molecule has 0 aliphatic carbocycles. The molecule has 5 heteroatoms. The molecule has 0 bridgehead atoms. The summed E-state index contributed by atoms with van der Waals surface area (Å²) in [4.78, 5) is 11.4. The van der Waals surface area contributed by atoms with Crippen LogP contribution in [0.1, 0.15) is 78.1 Å². The maximum Gasteiger partial charge on any atom is 0.341 e. The fourth-order valence-electron chi connectivity index (χ4n) is 2.91. The van der Waals surface area contributed by atoms with Gasteiger partial charge in [-0.05, 0) is 30.9 Å². The second-order valence-corrected chi connectivity index (χ2v) is 7.75. The van der Waals surface area contributed by atoms with Crippen LogP contribution in [0.15, 0.2) is 24.3 Å². The third-order valence-electron chi connectivity index (χ3n) is 4.81. The molecule has 0 aliphatic heterocycles. The second kappa shape index (κ2) is 14.4. The number of hydrogen-bond acceptors (Lipinski definition) is 3. The Morgan fingerprint density at radius 1 is 1.11 bits per heavy atom. The van der Waals surface area contributed by atoms with Gasteiger partial charge >= 0.3 is 5.97 Å². The van der Waals surface area contributed by atoms with Crippen LogP contribution in [0.3, 0.4) is 0 Å². The molecule has 0 fully saturated rings. The smallest absolute Gasteiger partial charge is 0.341 e. The van der Waals surface area contributed by atoms with Gasteiger partial charge < -0.3 is 15.2 Å². The van der Waals surface area contributed by atoms with Crippen LogP contribution in [0.2, 0.25) is 0 Å². The molecular formula is C22H35NO3S. The predicted molar refractivity (Wildman–Crippen MR) is 117 cm³/mol. The SMILES string of the molecule is CCC(C)CCCCCCCCCC(=S)Nc1ccccc1OCC(=O)O. The van der Waals surface area contributed by atoms with E-state index in [4.69, 9.17) is 22.1 Å². The van der Waals surface area contributed by atoms with Gasteiger partial charge in [0.05, 0.1) is 10.7 Å². The fraction of sp³-hybridized carbons (Fsp3) is 0.636. The lowest BCUT2D eigenvalue weighted by molar-refractivity contribution is -0.139. The number of rotatable bonds is 15. The van der Waals surface area contributed by atoms with E-state index in [1.807, 2.05) is 18.2 Å². The molecule has 0 saturated heterocycles. The number of nitrogens with one attached hydrogen (secondary N) is 1. The molecular weight excluding hydrogens is 358 g/mol. The standard InChI is InChI=1S/C22H35NO3S/c1-3-18(2)13-9-7-5-4-6-8-10-16-21(27)23-19-14-11-12-15-20(19)26-17-22(24)25/h11-12,14-15,18H,3-10,13,16-17H2,1-2H3,(H,23,27)(H,24,25). The van der Waals surface area contributed by atoms with Crippen molar-refractivity contribution in [2.24, 2.45) is 5.92 Å². The van der Waals surface area contributed by atoms with Crippen molar-refractivity contribution in [3.05, 3.63) is 24.3 Å². The largest absolute Gasteiger partial charge is 0.480 e. The van der Waals surface area contributed by atoms with Crippen molar-refractivity contribution in [2.75, 3.05) is 11.9 Å². The van der Waals surface area contributed by atoms with E-state index in [1.54, 1.807) is 6.07 Å². The highest BCUT2D eigenvalue weighted by molar-refractivity contribution is 7.80. The Bertz CT molecular complexity index is 562. The number of hydrogen-bond donors (Lipinski definition) is 2. The number of carboxylic acid groups (broad SMARTS) is 1. The summed E-state index contributed by atoms with van der Waals surface area (Å²) in [5, 5.41) is 11.9. The summed E-state index contributed by atoms with van der Waals surface area (Å²) in [6.45, 7) is 4.25. The Labute approximate surface area is 169 Å². The van der Waals surface area contributed by atoms with Crippen molar-refractivity contribution in [3.8, 4) is 5.75 Å². The molecule has 1 rings (SSSR count). The molecule has 2 N–H and O–H groups in total. The summed E-state index contributed by atoms with van der Waals surface area (Å²) in [6.07, 6.45) is 12.4. The molecule has 1 unspecified atom stereocenters.